The van der Waals surface area contributed by atoms with E-state index in [-0.39, 0.29) is 49.0 Å². The first kappa shape index (κ1) is 36.5. The van der Waals surface area contributed by atoms with E-state index in [1.807, 2.05) is 39.8 Å². The van der Waals surface area contributed by atoms with Crippen molar-refractivity contribution in [3.05, 3.63) is 23.3 Å². The highest BCUT2D eigenvalue weighted by atomic mass is 16.5. The molecule has 0 radical (unpaired) electrons. The van der Waals surface area contributed by atoms with Gasteiger partial charge in [-0.1, -0.05) is 27.7 Å². The monoisotopic (exact) mass is 604 g/mol. The van der Waals surface area contributed by atoms with Crippen LogP contribution < -0.4 is 26.8 Å². The second-order valence-corrected chi connectivity index (χ2v) is 13.4. The van der Waals surface area contributed by atoms with Gasteiger partial charge in [-0.15, -0.1) is 0 Å². The molecule has 244 valence electrons. The Labute approximate surface area is 258 Å². The number of carbonyl (C=O) groups excluding carboxylic acids is 3. The van der Waals surface area contributed by atoms with Crippen LogP contribution in [-0.4, -0.2) is 61.8 Å². The van der Waals surface area contributed by atoms with E-state index < -0.39 is 29.4 Å². The number of benzene rings is 1. The fourth-order valence-corrected chi connectivity index (χ4v) is 5.38. The highest BCUT2D eigenvalue weighted by Crippen LogP contribution is 2.34. The fraction of sp³-hybridized carbons (Fsp3) is 0.727. The molecule has 4 atom stereocenters. The van der Waals surface area contributed by atoms with Gasteiger partial charge in [-0.3, -0.25) is 14.4 Å². The van der Waals surface area contributed by atoms with Crippen LogP contribution in [0.4, 0.5) is 5.69 Å². The first-order valence-electron chi connectivity index (χ1n) is 15.7. The van der Waals surface area contributed by atoms with Gasteiger partial charge in [0.2, 0.25) is 17.7 Å². The summed E-state index contributed by atoms with van der Waals surface area (Å²) >= 11 is 0. The molecule has 1 aromatic rings. The summed E-state index contributed by atoms with van der Waals surface area (Å²) in [6.07, 6.45) is 3.76. The minimum atomic E-state index is -0.935. The minimum Gasteiger partial charge on any atom is -0.491 e. The fourth-order valence-electron chi connectivity index (χ4n) is 5.38. The summed E-state index contributed by atoms with van der Waals surface area (Å²) < 4.78 is 11.2. The van der Waals surface area contributed by atoms with Crippen LogP contribution in [0.15, 0.2) is 12.1 Å². The molecule has 0 heterocycles. The van der Waals surface area contributed by atoms with Crippen LogP contribution in [0.25, 0.3) is 0 Å². The number of aryl methyl sites for hydroxylation is 2. The number of nitrogens with two attached hydrogens (primary N) is 2. The summed E-state index contributed by atoms with van der Waals surface area (Å²) in [5.41, 5.74) is 14.2. The van der Waals surface area contributed by atoms with Crippen molar-refractivity contribution < 1.29 is 29.0 Å². The van der Waals surface area contributed by atoms with Crippen molar-refractivity contribution in [1.82, 2.24) is 5.32 Å². The molecule has 2 rings (SSSR count). The van der Waals surface area contributed by atoms with Crippen LogP contribution in [0.2, 0.25) is 0 Å². The van der Waals surface area contributed by atoms with Crippen molar-refractivity contribution in [3.8, 4) is 5.75 Å². The van der Waals surface area contributed by atoms with Crippen LogP contribution >= 0.6 is 0 Å². The Kier molecular flexibility index (Phi) is 14.4. The topological polar surface area (TPSA) is 166 Å². The summed E-state index contributed by atoms with van der Waals surface area (Å²) in [5, 5.41) is 16.9. The molecule has 0 aromatic heterocycles. The first-order valence-corrected chi connectivity index (χ1v) is 15.7. The number of fused-ring (bicyclic) bond motifs is 1. The number of hydrogen-bond donors (Lipinski definition) is 5. The third-order valence-electron chi connectivity index (χ3n) is 8.69. The molecule has 0 aliphatic heterocycles. The molecule has 1 aliphatic rings. The average molecular weight is 605 g/mol. The zero-order valence-corrected chi connectivity index (χ0v) is 27.3. The molecule has 1 aliphatic carbocycles. The molecule has 1 aromatic carbocycles. The molecular formula is C33H56N4O6. The maximum absolute atomic E-state index is 13.3. The summed E-state index contributed by atoms with van der Waals surface area (Å²) in [6, 6.07) is 3.47. The van der Waals surface area contributed by atoms with E-state index in [4.69, 9.17) is 20.9 Å². The van der Waals surface area contributed by atoms with Crippen molar-refractivity contribution in [2.24, 2.45) is 40.6 Å². The molecule has 3 amide bonds. The summed E-state index contributed by atoms with van der Waals surface area (Å²) in [4.78, 5) is 37.9. The predicted molar refractivity (Wildman–Crippen MR) is 170 cm³/mol. The Hall–Kier alpha value is -2.69. The summed E-state index contributed by atoms with van der Waals surface area (Å²) in [6.45, 7) is 12.5. The van der Waals surface area contributed by atoms with Crippen molar-refractivity contribution in [2.45, 2.75) is 98.6 Å². The lowest BCUT2D eigenvalue weighted by molar-refractivity contribution is -0.130. The van der Waals surface area contributed by atoms with Gasteiger partial charge in [-0.2, -0.15) is 0 Å². The van der Waals surface area contributed by atoms with Gasteiger partial charge in [0, 0.05) is 45.1 Å². The largest absolute Gasteiger partial charge is 0.491 e. The van der Waals surface area contributed by atoms with Gasteiger partial charge in [-0.05, 0) is 87.0 Å². The average Bonchev–Trinajstić information content (AvgIpc) is 3.39. The van der Waals surface area contributed by atoms with Gasteiger partial charge in [0.05, 0.1) is 23.8 Å². The van der Waals surface area contributed by atoms with Crippen LogP contribution in [0.5, 0.6) is 5.75 Å². The van der Waals surface area contributed by atoms with Crippen molar-refractivity contribution in [2.75, 3.05) is 32.2 Å². The van der Waals surface area contributed by atoms with Crippen LogP contribution in [0.3, 0.4) is 0 Å². The van der Waals surface area contributed by atoms with Crippen molar-refractivity contribution in [1.29, 1.82) is 0 Å². The van der Waals surface area contributed by atoms with E-state index in [0.29, 0.717) is 31.1 Å². The smallest absolute Gasteiger partial charge is 0.224 e. The van der Waals surface area contributed by atoms with E-state index >= 15 is 0 Å². The normalized spacial score (nSPS) is 16.0. The third-order valence-corrected chi connectivity index (χ3v) is 8.69. The summed E-state index contributed by atoms with van der Waals surface area (Å²) in [5.74, 6) is -0.670. The number of aliphatic hydroxyl groups excluding tert-OH is 1. The highest BCUT2D eigenvalue weighted by Gasteiger charge is 2.32. The number of carbonyl (C=O) groups is 3. The Bertz CT molecular complexity index is 1070. The third kappa shape index (κ3) is 11.4. The molecule has 0 unspecified atom stereocenters. The Balaban J connectivity index is 2.03. The number of amides is 3. The number of hydrogen-bond acceptors (Lipinski definition) is 7. The SMILES string of the molecule is COCCCOc1cc2c(cc1NC(=O)C[C@@H](C[C@H](N)[C@@H](O)C[C@H](C(=O)NCC(C)(C)C(N)=O)C(C)C)C(C)C)CCC2. The molecule has 0 fully saturated rings. The van der Waals surface area contributed by atoms with Crippen LogP contribution in [0.1, 0.15) is 84.8 Å². The number of primary amides is 1. The molecule has 43 heavy (non-hydrogen) atoms. The molecule has 0 saturated heterocycles. The highest BCUT2D eigenvalue weighted by molar-refractivity contribution is 5.92. The number of nitrogens with one attached hydrogen (secondary N) is 2. The molecule has 0 saturated carbocycles. The Morgan fingerprint density at radius 2 is 1.67 bits per heavy atom. The second-order valence-electron chi connectivity index (χ2n) is 13.4. The van der Waals surface area contributed by atoms with Crippen molar-refractivity contribution in [3.63, 3.8) is 0 Å². The van der Waals surface area contributed by atoms with Gasteiger partial charge < -0.3 is 36.7 Å². The van der Waals surface area contributed by atoms with Crippen LogP contribution in [-0.2, 0) is 32.0 Å². The van der Waals surface area contributed by atoms with Gasteiger partial charge in [0.25, 0.3) is 0 Å². The predicted octanol–water partition coefficient (Wildman–Crippen LogP) is 3.56. The lowest BCUT2D eigenvalue weighted by Gasteiger charge is -2.30. The lowest BCUT2D eigenvalue weighted by Crippen LogP contribution is -2.46. The lowest BCUT2D eigenvalue weighted by atomic mass is 9.81. The molecule has 7 N–H and O–H groups in total. The van der Waals surface area contributed by atoms with Gasteiger partial charge >= 0.3 is 0 Å². The quantitative estimate of drug-likeness (QED) is 0.151. The maximum atomic E-state index is 13.3. The zero-order chi connectivity index (χ0) is 32.3. The number of methoxy groups -OCH3 is 1. The number of anilines is 1. The second kappa shape index (κ2) is 17.0. The molecule has 0 bridgehead atoms. The minimum absolute atomic E-state index is 0.0524. The zero-order valence-electron chi connectivity index (χ0n) is 27.3. The van der Waals surface area contributed by atoms with Crippen LogP contribution in [0, 0.1) is 29.1 Å². The van der Waals surface area contributed by atoms with Gasteiger partial charge in [0.15, 0.2) is 0 Å². The first-order chi connectivity index (χ1) is 20.2. The Morgan fingerprint density at radius 1 is 1.02 bits per heavy atom. The molecular weight excluding hydrogens is 548 g/mol. The summed E-state index contributed by atoms with van der Waals surface area (Å²) in [7, 11) is 1.66. The molecule has 10 heteroatoms. The van der Waals surface area contributed by atoms with E-state index in [1.54, 1.807) is 21.0 Å². The van der Waals surface area contributed by atoms with Gasteiger partial charge in [-0.25, -0.2) is 0 Å². The number of ether oxygens (including phenoxy) is 2. The van der Waals surface area contributed by atoms with E-state index in [0.717, 1.165) is 25.7 Å². The van der Waals surface area contributed by atoms with E-state index in [1.165, 1.54) is 11.1 Å². The van der Waals surface area contributed by atoms with Crippen molar-refractivity contribution >= 4 is 23.4 Å². The molecule has 10 nitrogen and oxygen atoms in total. The molecule has 0 spiro atoms. The number of rotatable bonds is 19. The van der Waals surface area contributed by atoms with Gasteiger partial charge in [0.1, 0.15) is 5.75 Å². The Morgan fingerprint density at radius 3 is 2.26 bits per heavy atom. The van der Waals surface area contributed by atoms with E-state index in [9.17, 15) is 19.5 Å². The number of aliphatic hydroxyl groups is 1. The standard InChI is InChI=1S/C33H56N4O6/c1-20(2)24(14-26(34)28(38)18-25(21(3)4)31(40)36-19-33(5,6)32(35)41)17-30(39)37-27-15-22-10-8-11-23(22)16-29(27)43-13-9-12-42-7/h15-16,20-21,24-26,28,38H,8-14,17-19,34H2,1-7H3,(H2,35,41)(H,36,40)(H,37,39)/t24-,25+,26+,28+/m1/s1. The van der Waals surface area contributed by atoms with E-state index in [2.05, 4.69) is 10.6 Å². The maximum Gasteiger partial charge on any atom is 0.224 e.